The van der Waals surface area contributed by atoms with Crippen molar-refractivity contribution in [2.24, 2.45) is 7.05 Å². The molecule has 0 unspecified atom stereocenters. The lowest BCUT2D eigenvalue weighted by atomic mass is 10.2. The van der Waals surface area contributed by atoms with E-state index in [1.807, 2.05) is 6.07 Å². The van der Waals surface area contributed by atoms with Crippen LogP contribution in [-0.2, 0) is 7.05 Å². The first-order chi connectivity index (χ1) is 9.11. The first kappa shape index (κ1) is 13.2. The number of nitriles is 1. The molecule has 0 fully saturated rings. The molecule has 0 bridgehead atoms. The zero-order chi connectivity index (χ0) is 13.8. The Hall–Kier alpha value is -2.25. The minimum atomic E-state index is -0.132. The Bertz CT molecular complexity index is 656. The molecule has 1 aromatic carbocycles. The monoisotopic (exact) mass is 274 g/mol. The maximum absolute atomic E-state index is 11.9. The number of hydrogen-bond acceptors (Lipinski definition) is 3. The van der Waals surface area contributed by atoms with Crippen molar-refractivity contribution in [1.29, 1.82) is 5.26 Å². The summed E-state index contributed by atoms with van der Waals surface area (Å²) in [7, 11) is 1.79. The molecule has 0 aliphatic rings. The zero-order valence-corrected chi connectivity index (χ0v) is 11.0. The second-order valence-electron chi connectivity index (χ2n) is 3.97. The smallest absolute Gasteiger partial charge is 0.216 e. The highest BCUT2D eigenvalue weighted by atomic mass is 35.5. The summed E-state index contributed by atoms with van der Waals surface area (Å²) in [4.78, 5) is 11.9. The predicted octanol–water partition coefficient (Wildman–Crippen LogP) is 2.81. The molecule has 4 nitrogen and oxygen atoms in total. The molecule has 19 heavy (non-hydrogen) atoms. The summed E-state index contributed by atoms with van der Waals surface area (Å²) in [5.74, 6) is 0.260. The number of rotatable bonds is 4. The van der Waals surface area contributed by atoms with Gasteiger partial charge in [-0.25, -0.2) is 0 Å². The van der Waals surface area contributed by atoms with Crippen LogP contribution in [0.4, 0.5) is 0 Å². The van der Waals surface area contributed by atoms with Gasteiger partial charge in [0.25, 0.3) is 0 Å². The zero-order valence-electron chi connectivity index (χ0n) is 10.3. The average Bonchev–Trinajstić information content (AvgIpc) is 2.83. The molecule has 0 spiro atoms. The second-order valence-corrected chi connectivity index (χ2v) is 4.38. The van der Waals surface area contributed by atoms with Gasteiger partial charge < -0.3 is 9.30 Å². The summed E-state index contributed by atoms with van der Waals surface area (Å²) in [6.07, 6.45) is 1.79. The summed E-state index contributed by atoms with van der Waals surface area (Å²) in [6.45, 7) is -0.0938. The molecule has 96 valence electrons. The molecule has 5 heteroatoms. The van der Waals surface area contributed by atoms with E-state index < -0.39 is 0 Å². The Kier molecular flexibility index (Phi) is 3.88. The number of benzene rings is 1. The number of ether oxygens (including phenoxy) is 1. The number of ketones is 1. The van der Waals surface area contributed by atoms with Crippen LogP contribution in [0.2, 0.25) is 5.02 Å². The number of hydrogen-bond donors (Lipinski definition) is 0. The number of carbonyl (C=O) groups excluding carboxylic acids is 1. The maximum Gasteiger partial charge on any atom is 0.216 e. The van der Waals surface area contributed by atoms with E-state index >= 15 is 0 Å². The fourth-order valence-corrected chi connectivity index (χ4v) is 1.89. The van der Waals surface area contributed by atoms with Crippen LogP contribution in [0, 0.1) is 11.3 Å². The molecule has 2 rings (SSSR count). The van der Waals surface area contributed by atoms with Crippen LogP contribution in [-0.4, -0.2) is 17.0 Å². The van der Waals surface area contributed by atoms with Crippen molar-refractivity contribution in [1.82, 2.24) is 4.57 Å². The molecule has 0 saturated carbocycles. The molecule has 0 saturated heterocycles. The summed E-state index contributed by atoms with van der Waals surface area (Å²) < 4.78 is 7.10. The van der Waals surface area contributed by atoms with Crippen molar-refractivity contribution < 1.29 is 9.53 Å². The highest BCUT2D eigenvalue weighted by Gasteiger charge is 2.11. The van der Waals surface area contributed by atoms with Gasteiger partial charge in [-0.1, -0.05) is 11.6 Å². The molecule has 0 N–H and O–H groups in total. The summed E-state index contributed by atoms with van der Waals surface area (Å²) in [5, 5.41) is 9.04. The van der Waals surface area contributed by atoms with Gasteiger partial charge in [-0.15, -0.1) is 0 Å². The van der Waals surface area contributed by atoms with E-state index in [2.05, 4.69) is 0 Å². The van der Waals surface area contributed by atoms with Crippen LogP contribution in [0.25, 0.3) is 0 Å². The maximum atomic E-state index is 11.9. The SMILES string of the molecule is Cn1cccc1C(=O)COc1ccc(C#N)cc1Cl. The van der Waals surface area contributed by atoms with E-state index in [0.29, 0.717) is 22.0 Å². The Balaban J connectivity index is 2.06. The number of halogens is 1. The first-order valence-electron chi connectivity index (χ1n) is 5.59. The topological polar surface area (TPSA) is 55.0 Å². The molecule has 2 aromatic rings. The van der Waals surface area contributed by atoms with Crippen molar-refractivity contribution in [3.63, 3.8) is 0 Å². The van der Waals surface area contributed by atoms with Gasteiger partial charge in [-0.05, 0) is 30.3 Å². The summed E-state index contributed by atoms with van der Waals surface area (Å²) >= 11 is 5.96. The molecule has 1 heterocycles. The van der Waals surface area contributed by atoms with Crippen molar-refractivity contribution in [2.75, 3.05) is 6.61 Å². The van der Waals surface area contributed by atoms with E-state index in [9.17, 15) is 4.79 Å². The van der Waals surface area contributed by atoms with E-state index in [1.54, 1.807) is 42.1 Å². The lowest BCUT2D eigenvalue weighted by molar-refractivity contribution is 0.0913. The van der Waals surface area contributed by atoms with Gasteiger partial charge in [-0.3, -0.25) is 4.79 Å². The Morgan fingerprint density at radius 3 is 2.84 bits per heavy atom. The first-order valence-corrected chi connectivity index (χ1v) is 5.96. The minimum absolute atomic E-state index is 0.0938. The largest absolute Gasteiger partial charge is 0.484 e. The molecule has 0 amide bonds. The van der Waals surface area contributed by atoms with Crippen LogP contribution in [0.15, 0.2) is 36.5 Å². The lowest BCUT2D eigenvalue weighted by Gasteiger charge is -2.08. The third kappa shape index (κ3) is 2.95. The van der Waals surface area contributed by atoms with Crippen LogP contribution < -0.4 is 4.74 Å². The molecule has 1 aromatic heterocycles. The van der Waals surface area contributed by atoms with E-state index in [4.69, 9.17) is 21.6 Å². The quantitative estimate of drug-likeness (QED) is 0.806. The van der Waals surface area contributed by atoms with Crippen LogP contribution in [0.1, 0.15) is 16.1 Å². The number of nitrogens with zero attached hydrogens (tertiary/aromatic N) is 2. The van der Waals surface area contributed by atoms with Crippen molar-refractivity contribution in [3.8, 4) is 11.8 Å². The van der Waals surface area contributed by atoms with Crippen LogP contribution in [0.3, 0.4) is 0 Å². The van der Waals surface area contributed by atoms with Crippen molar-refractivity contribution >= 4 is 17.4 Å². The lowest BCUT2D eigenvalue weighted by Crippen LogP contribution is -2.14. The Morgan fingerprint density at radius 1 is 1.47 bits per heavy atom. The molecular formula is C14H11ClN2O2. The number of aryl methyl sites for hydroxylation is 1. The van der Waals surface area contributed by atoms with E-state index in [1.165, 1.54) is 6.07 Å². The Labute approximate surface area is 115 Å². The summed E-state index contributed by atoms with van der Waals surface area (Å²) in [5.41, 5.74) is 1.02. The minimum Gasteiger partial charge on any atom is -0.484 e. The van der Waals surface area contributed by atoms with Gasteiger partial charge in [0.2, 0.25) is 5.78 Å². The van der Waals surface area contributed by atoms with Gasteiger partial charge in [0.05, 0.1) is 22.3 Å². The number of carbonyl (C=O) groups is 1. The van der Waals surface area contributed by atoms with E-state index in [-0.39, 0.29) is 12.4 Å². The van der Waals surface area contributed by atoms with E-state index in [0.717, 1.165) is 0 Å². The predicted molar refractivity (Wildman–Crippen MR) is 71.4 cm³/mol. The molecule has 0 aliphatic carbocycles. The normalized spacial score (nSPS) is 9.95. The third-order valence-corrected chi connectivity index (χ3v) is 2.94. The summed E-state index contributed by atoms with van der Waals surface area (Å²) in [6, 6.07) is 10.2. The Morgan fingerprint density at radius 2 is 2.26 bits per heavy atom. The fourth-order valence-electron chi connectivity index (χ4n) is 1.66. The molecule has 0 aliphatic heterocycles. The molecule has 0 atom stereocenters. The molecule has 0 radical (unpaired) electrons. The van der Waals surface area contributed by atoms with Gasteiger partial charge in [0, 0.05) is 13.2 Å². The van der Waals surface area contributed by atoms with Crippen LogP contribution >= 0.6 is 11.6 Å². The average molecular weight is 275 g/mol. The fraction of sp³-hybridized carbons (Fsp3) is 0.143. The van der Waals surface area contributed by atoms with Gasteiger partial charge in [-0.2, -0.15) is 5.26 Å². The third-order valence-electron chi connectivity index (χ3n) is 2.65. The van der Waals surface area contributed by atoms with Gasteiger partial charge >= 0.3 is 0 Å². The number of Topliss-reactive ketones (excluding diaryl/α,β-unsaturated/α-hetero) is 1. The highest BCUT2D eigenvalue weighted by molar-refractivity contribution is 6.32. The molecular weight excluding hydrogens is 264 g/mol. The van der Waals surface area contributed by atoms with Crippen molar-refractivity contribution in [3.05, 3.63) is 52.8 Å². The van der Waals surface area contributed by atoms with Gasteiger partial charge in [0.15, 0.2) is 6.61 Å². The second kappa shape index (κ2) is 5.59. The number of aromatic nitrogens is 1. The van der Waals surface area contributed by atoms with Crippen LogP contribution in [0.5, 0.6) is 5.75 Å². The van der Waals surface area contributed by atoms with Gasteiger partial charge in [0.1, 0.15) is 5.75 Å². The highest BCUT2D eigenvalue weighted by Crippen LogP contribution is 2.25. The standard InChI is InChI=1S/C14H11ClN2O2/c1-17-6-2-3-12(17)13(18)9-19-14-5-4-10(8-16)7-11(14)15/h2-7H,9H2,1H3. The van der Waals surface area contributed by atoms with Crippen molar-refractivity contribution in [2.45, 2.75) is 0 Å².